The van der Waals surface area contributed by atoms with Crippen LogP contribution in [0.2, 0.25) is 0 Å². The fraction of sp³-hybridized carbons (Fsp3) is 0.261. The van der Waals surface area contributed by atoms with E-state index in [9.17, 15) is 14.4 Å². The molecule has 0 radical (unpaired) electrons. The molecule has 158 valence electrons. The van der Waals surface area contributed by atoms with Gasteiger partial charge in [-0.05, 0) is 56.7 Å². The van der Waals surface area contributed by atoms with Gasteiger partial charge in [0.25, 0.3) is 5.91 Å². The molecule has 7 nitrogen and oxygen atoms in total. The monoisotopic (exact) mass is 411 g/mol. The van der Waals surface area contributed by atoms with Gasteiger partial charge in [0.15, 0.2) is 23.4 Å². The summed E-state index contributed by atoms with van der Waals surface area (Å²) >= 11 is 0. The highest BCUT2D eigenvalue weighted by atomic mass is 16.5. The number of anilines is 1. The Bertz CT molecular complexity index is 950. The second-order valence-corrected chi connectivity index (χ2v) is 6.38. The molecule has 0 aliphatic heterocycles. The Labute approximate surface area is 175 Å². The van der Waals surface area contributed by atoms with Gasteiger partial charge in [-0.3, -0.25) is 9.59 Å². The summed E-state index contributed by atoms with van der Waals surface area (Å²) < 4.78 is 15.9. The van der Waals surface area contributed by atoms with E-state index in [0.717, 1.165) is 0 Å². The number of ether oxygens (including phenoxy) is 3. The van der Waals surface area contributed by atoms with Gasteiger partial charge in [0.05, 0.1) is 13.7 Å². The van der Waals surface area contributed by atoms with Crippen LogP contribution in [-0.2, 0) is 14.3 Å². The molecule has 0 heterocycles. The average Bonchev–Trinajstić information content (AvgIpc) is 2.73. The van der Waals surface area contributed by atoms with Crippen LogP contribution in [0.25, 0.3) is 6.08 Å². The van der Waals surface area contributed by atoms with Gasteiger partial charge in [-0.15, -0.1) is 0 Å². The standard InChI is InChI=1S/C23H25NO6/c1-5-29-20-11-9-17(13-21(20)28-4)10-12-22(26)30-16(3)23(27)24-19-8-6-7-18(14-19)15(2)25/h6-14,16H,5H2,1-4H3,(H,24,27)/b12-10+/t16-/m0/s1. The van der Waals surface area contributed by atoms with Gasteiger partial charge in [-0.1, -0.05) is 18.2 Å². The number of nitrogens with one attached hydrogen (secondary N) is 1. The lowest BCUT2D eigenvalue weighted by molar-refractivity contribution is -0.148. The zero-order chi connectivity index (χ0) is 22.1. The maximum absolute atomic E-state index is 12.3. The molecule has 0 spiro atoms. The highest BCUT2D eigenvalue weighted by Crippen LogP contribution is 2.28. The molecule has 0 bridgehead atoms. The van der Waals surface area contributed by atoms with E-state index in [1.165, 1.54) is 27.0 Å². The summed E-state index contributed by atoms with van der Waals surface area (Å²) in [6.45, 7) is 5.30. The number of amides is 1. The molecule has 0 saturated carbocycles. The largest absolute Gasteiger partial charge is 0.493 e. The summed E-state index contributed by atoms with van der Waals surface area (Å²) in [4.78, 5) is 35.8. The highest BCUT2D eigenvalue weighted by Gasteiger charge is 2.17. The average molecular weight is 411 g/mol. The van der Waals surface area contributed by atoms with E-state index in [-0.39, 0.29) is 5.78 Å². The summed E-state index contributed by atoms with van der Waals surface area (Å²) in [5, 5.41) is 2.63. The van der Waals surface area contributed by atoms with Crippen LogP contribution < -0.4 is 14.8 Å². The quantitative estimate of drug-likeness (QED) is 0.383. The van der Waals surface area contributed by atoms with Crippen molar-refractivity contribution in [2.75, 3.05) is 19.0 Å². The van der Waals surface area contributed by atoms with Gasteiger partial charge in [0.1, 0.15) is 0 Å². The number of rotatable bonds is 9. The third-order valence-electron chi connectivity index (χ3n) is 4.10. The minimum Gasteiger partial charge on any atom is -0.493 e. The first-order chi connectivity index (χ1) is 14.3. The Hall–Kier alpha value is -3.61. The molecule has 2 rings (SSSR count). The maximum Gasteiger partial charge on any atom is 0.331 e. The van der Waals surface area contributed by atoms with E-state index >= 15 is 0 Å². The van der Waals surface area contributed by atoms with Crippen LogP contribution in [0.3, 0.4) is 0 Å². The number of benzene rings is 2. The maximum atomic E-state index is 12.3. The molecule has 1 atom stereocenters. The summed E-state index contributed by atoms with van der Waals surface area (Å²) in [5.41, 5.74) is 1.64. The fourth-order valence-corrected chi connectivity index (χ4v) is 2.55. The summed E-state index contributed by atoms with van der Waals surface area (Å²) in [6.07, 6.45) is 1.77. The normalized spacial score (nSPS) is 11.6. The Morgan fingerprint density at radius 3 is 2.53 bits per heavy atom. The van der Waals surface area contributed by atoms with Crippen LogP contribution in [-0.4, -0.2) is 37.5 Å². The van der Waals surface area contributed by atoms with Crippen molar-refractivity contribution in [3.8, 4) is 11.5 Å². The Morgan fingerprint density at radius 2 is 1.87 bits per heavy atom. The van der Waals surface area contributed by atoms with Crippen molar-refractivity contribution in [3.05, 3.63) is 59.7 Å². The molecule has 0 saturated heterocycles. The van der Waals surface area contributed by atoms with Crippen molar-refractivity contribution < 1.29 is 28.6 Å². The number of methoxy groups -OCH3 is 1. The minimum atomic E-state index is -1.02. The highest BCUT2D eigenvalue weighted by molar-refractivity contribution is 5.99. The first-order valence-corrected chi connectivity index (χ1v) is 9.45. The van der Waals surface area contributed by atoms with Gasteiger partial charge in [0.2, 0.25) is 0 Å². The van der Waals surface area contributed by atoms with E-state index in [0.29, 0.717) is 34.9 Å². The predicted molar refractivity (Wildman–Crippen MR) is 114 cm³/mol. The molecular weight excluding hydrogens is 386 g/mol. The number of hydrogen-bond acceptors (Lipinski definition) is 6. The molecule has 1 amide bonds. The SMILES string of the molecule is CCOc1ccc(/C=C/C(=O)O[C@@H](C)C(=O)Nc2cccc(C(C)=O)c2)cc1OC. The second kappa shape index (κ2) is 10.8. The van der Waals surface area contributed by atoms with Crippen molar-refractivity contribution >= 4 is 29.4 Å². The van der Waals surface area contributed by atoms with Crippen LogP contribution in [0, 0.1) is 0 Å². The van der Waals surface area contributed by atoms with E-state index in [1.807, 2.05) is 6.92 Å². The molecule has 0 aliphatic rings. The summed E-state index contributed by atoms with van der Waals surface area (Å²) in [5.74, 6) is -0.114. The van der Waals surface area contributed by atoms with Crippen molar-refractivity contribution in [1.29, 1.82) is 0 Å². The van der Waals surface area contributed by atoms with Gasteiger partial charge in [0, 0.05) is 17.3 Å². The minimum absolute atomic E-state index is 0.110. The molecule has 30 heavy (non-hydrogen) atoms. The Morgan fingerprint density at radius 1 is 1.10 bits per heavy atom. The molecule has 0 unspecified atom stereocenters. The molecule has 0 aromatic heterocycles. The lowest BCUT2D eigenvalue weighted by Crippen LogP contribution is -2.29. The van der Waals surface area contributed by atoms with Crippen LogP contribution in [0.5, 0.6) is 11.5 Å². The van der Waals surface area contributed by atoms with E-state index in [1.54, 1.807) is 48.5 Å². The van der Waals surface area contributed by atoms with Crippen LogP contribution in [0.15, 0.2) is 48.5 Å². The number of Topliss-reactive ketones (excluding diaryl/α,β-unsaturated/α-hetero) is 1. The second-order valence-electron chi connectivity index (χ2n) is 6.38. The lowest BCUT2D eigenvalue weighted by atomic mass is 10.1. The van der Waals surface area contributed by atoms with Gasteiger partial charge in [-0.2, -0.15) is 0 Å². The Balaban J connectivity index is 1.96. The third kappa shape index (κ3) is 6.48. The molecule has 2 aromatic carbocycles. The van der Waals surface area contributed by atoms with Crippen LogP contribution in [0.1, 0.15) is 36.7 Å². The number of carbonyl (C=O) groups excluding carboxylic acids is 3. The van der Waals surface area contributed by atoms with Gasteiger partial charge >= 0.3 is 5.97 Å². The van der Waals surface area contributed by atoms with Crippen molar-refractivity contribution in [1.82, 2.24) is 0 Å². The number of ketones is 1. The first-order valence-electron chi connectivity index (χ1n) is 9.45. The van der Waals surface area contributed by atoms with Crippen LogP contribution in [0.4, 0.5) is 5.69 Å². The first kappa shape index (κ1) is 22.7. The number of carbonyl (C=O) groups is 3. The Kier molecular flexibility index (Phi) is 8.17. The predicted octanol–water partition coefficient (Wildman–Crippen LogP) is 3.88. The van der Waals surface area contributed by atoms with Crippen molar-refractivity contribution in [3.63, 3.8) is 0 Å². The lowest BCUT2D eigenvalue weighted by Gasteiger charge is -2.13. The summed E-state index contributed by atoms with van der Waals surface area (Å²) in [6, 6.07) is 11.8. The molecule has 1 N–H and O–H groups in total. The molecular formula is C23H25NO6. The topological polar surface area (TPSA) is 90.9 Å². The van der Waals surface area contributed by atoms with E-state index in [4.69, 9.17) is 14.2 Å². The van der Waals surface area contributed by atoms with Crippen LogP contribution >= 0.6 is 0 Å². The van der Waals surface area contributed by atoms with Crippen molar-refractivity contribution in [2.45, 2.75) is 26.9 Å². The molecule has 0 fully saturated rings. The number of hydrogen-bond donors (Lipinski definition) is 1. The van der Waals surface area contributed by atoms with Gasteiger partial charge in [-0.25, -0.2) is 4.79 Å². The fourth-order valence-electron chi connectivity index (χ4n) is 2.55. The van der Waals surface area contributed by atoms with Crippen molar-refractivity contribution in [2.24, 2.45) is 0 Å². The zero-order valence-electron chi connectivity index (χ0n) is 17.4. The third-order valence-corrected chi connectivity index (χ3v) is 4.10. The molecule has 7 heteroatoms. The smallest absolute Gasteiger partial charge is 0.331 e. The van der Waals surface area contributed by atoms with E-state index < -0.39 is 18.0 Å². The zero-order valence-corrected chi connectivity index (χ0v) is 17.4. The van der Waals surface area contributed by atoms with E-state index in [2.05, 4.69) is 5.32 Å². The number of esters is 1. The molecule has 0 aliphatic carbocycles. The summed E-state index contributed by atoms with van der Waals surface area (Å²) in [7, 11) is 1.53. The molecule has 2 aromatic rings. The van der Waals surface area contributed by atoms with Gasteiger partial charge < -0.3 is 19.5 Å².